The van der Waals surface area contributed by atoms with Crippen LogP contribution in [0, 0.1) is 0 Å². The van der Waals surface area contributed by atoms with E-state index in [-0.39, 0.29) is 0 Å². The summed E-state index contributed by atoms with van der Waals surface area (Å²) in [5.41, 5.74) is 0. The molecule has 2 heteroatoms. The van der Waals surface area contributed by atoms with E-state index in [0.29, 0.717) is 24.7 Å². The number of Topliss-reactive ketones (excluding diaryl/α,β-unsaturated/α-hetero) is 1. The van der Waals surface area contributed by atoms with Gasteiger partial charge >= 0.3 is 0 Å². The van der Waals surface area contributed by atoms with E-state index >= 15 is 0 Å². The van der Waals surface area contributed by atoms with Gasteiger partial charge in [0.2, 0.25) is 0 Å². The summed E-state index contributed by atoms with van der Waals surface area (Å²) in [6.07, 6.45) is 7.85. The molecule has 0 aromatic carbocycles. The smallest absolute Gasteiger partial charge is 0.132 e. The molecule has 1 aliphatic rings. The number of hydrogen-bond acceptors (Lipinski definition) is 2. The minimum absolute atomic E-state index is 0.357. The Kier molecular flexibility index (Phi) is 5.06. The maximum atomic E-state index is 11.0. The number of carbonyl (C=O) groups is 1. The van der Waals surface area contributed by atoms with Crippen molar-refractivity contribution in [3.63, 3.8) is 0 Å². The monoisotopic (exact) mass is 184 g/mol. The van der Waals surface area contributed by atoms with E-state index in [1.807, 2.05) is 6.92 Å². The molecule has 0 aromatic heterocycles. The second-order valence-corrected chi connectivity index (χ2v) is 3.77. The number of hydrogen-bond donors (Lipinski definition) is 0. The molecular formula is C11H20O2. The average molecular weight is 184 g/mol. The molecule has 0 unspecified atom stereocenters. The molecule has 0 saturated heterocycles. The molecule has 0 N–H and O–H groups in total. The van der Waals surface area contributed by atoms with Crippen molar-refractivity contribution in [2.24, 2.45) is 0 Å². The maximum Gasteiger partial charge on any atom is 0.132 e. The van der Waals surface area contributed by atoms with E-state index in [1.165, 1.54) is 25.7 Å². The van der Waals surface area contributed by atoms with Crippen molar-refractivity contribution in [3.8, 4) is 0 Å². The highest BCUT2D eigenvalue weighted by Crippen LogP contribution is 2.20. The Morgan fingerprint density at radius 1 is 1.38 bits per heavy atom. The summed E-state index contributed by atoms with van der Waals surface area (Å²) in [5.74, 6) is 0.357. The van der Waals surface area contributed by atoms with Crippen LogP contribution in [0.5, 0.6) is 0 Å². The first-order chi connectivity index (χ1) is 6.33. The van der Waals surface area contributed by atoms with E-state index in [0.717, 1.165) is 13.0 Å². The second-order valence-electron chi connectivity index (χ2n) is 3.77. The van der Waals surface area contributed by atoms with E-state index in [2.05, 4.69) is 0 Å². The van der Waals surface area contributed by atoms with Gasteiger partial charge in [0.25, 0.3) is 0 Å². The summed E-state index contributed by atoms with van der Waals surface area (Å²) in [6.45, 7) is 2.69. The summed E-state index contributed by atoms with van der Waals surface area (Å²) in [7, 11) is 0. The molecule has 1 rings (SSSR count). The van der Waals surface area contributed by atoms with Crippen LogP contribution in [0.4, 0.5) is 0 Å². The highest BCUT2D eigenvalue weighted by atomic mass is 16.5. The van der Waals surface area contributed by atoms with Gasteiger partial charge in [0.05, 0.1) is 6.10 Å². The lowest BCUT2D eigenvalue weighted by Gasteiger charge is -2.09. The van der Waals surface area contributed by atoms with Crippen LogP contribution in [0.1, 0.15) is 51.9 Å². The zero-order valence-electron chi connectivity index (χ0n) is 8.55. The van der Waals surface area contributed by atoms with Crippen molar-refractivity contribution in [1.29, 1.82) is 0 Å². The minimum atomic E-state index is 0.357. The van der Waals surface area contributed by atoms with Crippen LogP contribution in [0.25, 0.3) is 0 Å². The Hall–Kier alpha value is -0.370. The van der Waals surface area contributed by atoms with Crippen molar-refractivity contribution in [1.82, 2.24) is 0 Å². The molecule has 1 aliphatic carbocycles. The topological polar surface area (TPSA) is 26.3 Å². The third kappa shape index (κ3) is 4.41. The van der Waals surface area contributed by atoms with Gasteiger partial charge in [-0.1, -0.05) is 19.8 Å². The molecule has 0 atom stereocenters. The van der Waals surface area contributed by atoms with Crippen LogP contribution in [-0.4, -0.2) is 18.5 Å². The molecule has 0 spiro atoms. The first kappa shape index (κ1) is 10.7. The van der Waals surface area contributed by atoms with E-state index in [4.69, 9.17) is 4.74 Å². The number of ether oxygens (including phenoxy) is 1. The van der Waals surface area contributed by atoms with Crippen LogP contribution in [0.15, 0.2) is 0 Å². The van der Waals surface area contributed by atoms with E-state index in [1.54, 1.807) is 0 Å². The molecule has 2 nitrogen and oxygen atoms in total. The molecular weight excluding hydrogens is 164 g/mol. The van der Waals surface area contributed by atoms with Crippen LogP contribution in [-0.2, 0) is 9.53 Å². The van der Waals surface area contributed by atoms with Gasteiger partial charge in [-0.2, -0.15) is 0 Å². The average Bonchev–Trinajstić information content (AvgIpc) is 2.64. The summed E-state index contributed by atoms with van der Waals surface area (Å²) in [6, 6.07) is 0. The Morgan fingerprint density at radius 3 is 2.69 bits per heavy atom. The van der Waals surface area contributed by atoms with Gasteiger partial charge in [-0.05, 0) is 19.3 Å². The van der Waals surface area contributed by atoms with Gasteiger partial charge in [0.1, 0.15) is 5.78 Å². The molecule has 1 fully saturated rings. The zero-order chi connectivity index (χ0) is 9.52. The predicted octanol–water partition coefficient (Wildman–Crippen LogP) is 2.70. The second kappa shape index (κ2) is 6.14. The quantitative estimate of drug-likeness (QED) is 0.593. The van der Waals surface area contributed by atoms with Crippen molar-refractivity contribution < 1.29 is 9.53 Å². The van der Waals surface area contributed by atoms with Gasteiger partial charge < -0.3 is 4.74 Å². The Labute approximate surface area is 80.7 Å². The van der Waals surface area contributed by atoms with Crippen molar-refractivity contribution in [3.05, 3.63) is 0 Å². The predicted molar refractivity (Wildman–Crippen MR) is 52.7 cm³/mol. The lowest BCUT2D eigenvalue weighted by molar-refractivity contribution is -0.119. The third-order valence-corrected chi connectivity index (χ3v) is 2.65. The van der Waals surface area contributed by atoms with E-state index in [9.17, 15) is 4.79 Å². The highest BCUT2D eigenvalue weighted by Gasteiger charge is 2.14. The first-order valence-electron chi connectivity index (χ1n) is 5.46. The molecule has 0 radical (unpaired) electrons. The fourth-order valence-electron chi connectivity index (χ4n) is 1.75. The fraction of sp³-hybridized carbons (Fsp3) is 0.909. The molecule has 0 aromatic rings. The lowest BCUT2D eigenvalue weighted by Crippen LogP contribution is -2.09. The molecule has 1 saturated carbocycles. The van der Waals surface area contributed by atoms with E-state index < -0.39 is 0 Å². The van der Waals surface area contributed by atoms with Gasteiger partial charge in [-0.3, -0.25) is 4.79 Å². The summed E-state index contributed by atoms with van der Waals surface area (Å²) < 4.78 is 5.65. The standard InChI is InChI=1S/C11H20O2/c1-2-10(12)6-5-9-13-11-7-3-4-8-11/h11H,2-9H2,1H3. The van der Waals surface area contributed by atoms with Gasteiger partial charge in [0.15, 0.2) is 0 Å². The van der Waals surface area contributed by atoms with Gasteiger partial charge in [-0.15, -0.1) is 0 Å². The molecule has 0 heterocycles. The SMILES string of the molecule is CCC(=O)CCCOC1CCCC1. The minimum Gasteiger partial charge on any atom is -0.378 e. The molecule has 76 valence electrons. The fourth-order valence-corrected chi connectivity index (χ4v) is 1.75. The van der Waals surface area contributed by atoms with Gasteiger partial charge in [0, 0.05) is 19.4 Å². The van der Waals surface area contributed by atoms with Crippen molar-refractivity contribution >= 4 is 5.78 Å². The molecule has 0 amide bonds. The van der Waals surface area contributed by atoms with Crippen molar-refractivity contribution in [2.45, 2.75) is 58.0 Å². The normalized spacial score (nSPS) is 17.9. The van der Waals surface area contributed by atoms with Crippen LogP contribution in [0.2, 0.25) is 0 Å². The maximum absolute atomic E-state index is 11.0. The highest BCUT2D eigenvalue weighted by molar-refractivity contribution is 5.77. The zero-order valence-corrected chi connectivity index (χ0v) is 8.55. The number of carbonyl (C=O) groups excluding carboxylic acids is 1. The summed E-state index contributed by atoms with van der Waals surface area (Å²) >= 11 is 0. The number of ketones is 1. The Balaban J connectivity index is 1.91. The van der Waals surface area contributed by atoms with Crippen LogP contribution in [0.3, 0.4) is 0 Å². The van der Waals surface area contributed by atoms with Crippen molar-refractivity contribution in [2.75, 3.05) is 6.61 Å². The number of rotatable bonds is 6. The molecule has 13 heavy (non-hydrogen) atoms. The molecule has 0 aliphatic heterocycles. The van der Waals surface area contributed by atoms with Crippen LogP contribution < -0.4 is 0 Å². The Bertz CT molecular complexity index is 148. The largest absolute Gasteiger partial charge is 0.378 e. The molecule has 0 bridgehead atoms. The third-order valence-electron chi connectivity index (χ3n) is 2.65. The first-order valence-corrected chi connectivity index (χ1v) is 5.46. The van der Waals surface area contributed by atoms with Crippen LogP contribution >= 0.6 is 0 Å². The lowest BCUT2D eigenvalue weighted by atomic mass is 10.2. The van der Waals surface area contributed by atoms with Gasteiger partial charge in [-0.25, -0.2) is 0 Å². The summed E-state index contributed by atoms with van der Waals surface area (Å²) in [4.78, 5) is 11.0. The Morgan fingerprint density at radius 2 is 2.08 bits per heavy atom. The summed E-state index contributed by atoms with van der Waals surface area (Å²) in [5, 5.41) is 0.